The molecule has 40 heavy (non-hydrogen) atoms. The van der Waals surface area contributed by atoms with Crippen molar-refractivity contribution in [3.63, 3.8) is 0 Å². The number of fused-ring (bicyclic) bond motifs is 5. The molecule has 4 fully saturated rings. The molecule has 0 radical (unpaired) electrons. The van der Waals surface area contributed by atoms with Gasteiger partial charge in [-0.3, -0.25) is 9.11 Å². The van der Waals surface area contributed by atoms with Crippen LogP contribution in [0.5, 0.6) is 0 Å². The van der Waals surface area contributed by atoms with Crippen LogP contribution in [0, 0.1) is 58.2 Å². The third kappa shape index (κ3) is 6.59. The molecule has 10 nitrogen and oxygen atoms in total. The lowest BCUT2D eigenvalue weighted by atomic mass is 9.44. The van der Waals surface area contributed by atoms with E-state index in [1.165, 1.54) is 0 Å². The Bertz CT molecular complexity index is 1100. The Hall–Kier alpha value is -0.340. The molecule has 4 rings (SSSR count). The highest BCUT2D eigenvalue weighted by Crippen LogP contribution is 2.68. The van der Waals surface area contributed by atoms with Crippen LogP contribution in [-0.2, 0) is 29.2 Å². The predicted octanol–water partition coefficient (Wildman–Crippen LogP) is 4.28. The van der Waals surface area contributed by atoms with E-state index in [0.29, 0.717) is 24.2 Å². The van der Waals surface area contributed by atoms with E-state index in [1.807, 2.05) is 6.92 Å². The third-order valence-electron chi connectivity index (χ3n) is 12.3. The van der Waals surface area contributed by atoms with Crippen LogP contribution >= 0.6 is 0 Å². The molecule has 4 aliphatic carbocycles. The van der Waals surface area contributed by atoms with Crippen LogP contribution in [-0.4, -0.2) is 61.6 Å². The lowest BCUT2D eigenvalue weighted by Gasteiger charge is -2.62. The smallest absolute Gasteiger partial charge is 0.396 e. The minimum Gasteiger partial charge on any atom is -0.396 e. The zero-order valence-electron chi connectivity index (χ0n) is 24.3. The standard InChI is InChI=1S/C28H50O10S2/c1-17(18(2)15-29)5-6-19(16-37-39(31,32)33)21-9-10-22-20-7-8-24-26(30)25(38-40(34,35)36)12-14-28(24,4)23(20)11-13-27(21,22)3/h17-26,29-30H,5-16H2,1-4H3,(H,31,32,33)(H,34,35,36)/t17?,18?,19-,20-,21+,22-,23-,24+,25+,26-,27+,28+/m0/s1. The summed E-state index contributed by atoms with van der Waals surface area (Å²) in [5.41, 5.74) is -0.141. The van der Waals surface area contributed by atoms with E-state index >= 15 is 0 Å². The van der Waals surface area contributed by atoms with Gasteiger partial charge >= 0.3 is 20.8 Å². The average Bonchev–Trinajstić information content (AvgIpc) is 3.21. The molecule has 0 aromatic rings. The van der Waals surface area contributed by atoms with Crippen molar-refractivity contribution in [3.05, 3.63) is 0 Å². The second kappa shape index (κ2) is 12.0. The van der Waals surface area contributed by atoms with Gasteiger partial charge in [0, 0.05) is 6.61 Å². The van der Waals surface area contributed by atoms with Gasteiger partial charge in [0.2, 0.25) is 0 Å². The first-order valence-corrected chi connectivity index (χ1v) is 17.8. The number of hydrogen-bond acceptors (Lipinski definition) is 8. The number of hydrogen-bond donors (Lipinski definition) is 4. The summed E-state index contributed by atoms with van der Waals surface area (Å²) in [4.78, 5) is 0. The van der Waals surface area contributed by atoms with Crippen molar-refractivity contribution in [1.82, 2.24) is 0 Å². The molecule has 4 N–H and O–H groups in total. The first-order valence-electron chi connectivity index (χ1n) is 15.1. The van der Waals surface area contributed by atoms with Crippen molar-refractivity contribution in [2.24, 2.45) is 58.2 Å². The largest absolute Gasteiger partial charge is 0.397 e. The first kappa shape index (κ1) is 32.6. The molecule has 0 amide bonds. The molecule has 0 spiro atoms. The maximum atomic E-state index is 11.5. The maximum Gasteiger partial charge on any atom is 0.397 e. The van der Waals surface area contributed by atoms with Crippen LogP contribution < -0.4 is 0 Å². The van der Waals surface area contributed by atoms with Crippen molar-refractivity contribution in [2.45, 2.75) is 104 Å². The molecule has 4 aliphatic rings. The molecule has 12 heteroatoms. The molecule has 0 aliphatic heterocycles. The van der Waals surface area contributed by atoms with Crippen LogP contribution in [0.3, 0.4) is 0 Å². The van der Waals surface area contributed by atoms with Gasteiger partial charge in [-0.15, -0.1) is 0 Å². The second-order valence-electron chi connectivity index (χ2n) is 14.1. The Labute approximate surface area is 240 Å². The van der Waals surface area contributed by atoms with Gasteiger partial charge in [0.1, 0.15) is 6.10 Å². The fourth-order valence-electron chi connectivity index (χ4n) is 9.89. The van der Waals surface area contributed by atoms with Crippen molar-refractivity contribution >= 4 is 20.8 Å². The monoisotopic (exact) mass is 610 g/mol. The van der Waals surface area contributed by atoms with Gasteiger partial charge in [0.15, 0.2) is 0 Å². The maximum absolute atomic E-state index is 11.5. The molecule has 2 unspecified atom stereocenters. The Balaban J connectivity index is 1.51. The van der Waals surface area contributed by atoms with Crippen LogP contribution in [0.1, 0.15) is 91.9 Å². The summed E-state index contributed by atoms with van der Waals surface area (Å²) in [6.45, 7) is 8.78. The van der Waals surface area contributed by atoms with Crippen LogP contribution in [0.2, 0.25) is 0 Å². The summed E-state index contributed by atoms with van der Waals surface area (Å²) in [5.74, 6) is 1.88. The van der Waals surface area contributed by atoms with E-state index in [-0.39, 0.29) is 53.6 Å². The molecule has 0 saturated heterocycles. The molecule has 234 valence electrons. The van der Waals surface area contributed by atoms with E-state index < -0.39 is 33.0 Å². The zero-order valence-corrected chi connectivity index (χ0v) is 25.9. The lowest BCUT2D eigenvalue weighted by molar-refractivity contribution is -0.171. The highest BCUT2D eigenvalue weighted by Gasteiger charge is 2.62. The number of aliphatic hydroxyl groups excluding tert-OH is 2. The summed E-state index contributed by atoms with van der Waals surface area (Å²) < 4.78 is 74.1. The third-order valence-corrected chi connectivity index (χ3v) is 13.2. The normalized spacial score (nSPS) is 42.4. The molecular formula is C28H50O10S2. The Morgan fingerprint density at radius 1 is 0.800 bits per heavy atom. The summed E-state index contributed by atoms with van der Waals surface area (Å²) in [7, 11) is -9.19. The average molecular weight is 611 g/mol. The minimum atomic E-state index is -4.64. The predicted molar refractivity (Wildman–Crippen MR) is 149 cm³/mol. The van der Waals surface area contributed by atoms with E-state index in [9.17, 15) is 36.2 Å². The lowest BCUT2D eigenvalue weighted by Crippen LogP contribution is -2.59. The van der Waals surface area contributed by atoms with Gasteiger partial charge in [0.25, 0.3) is 0 Å². The van der Waals surface area contributed by atoms with E-state index in [4.69, 9.17) is 8.37 Å². The van der Waals surface area contributed by atoms with E-state index in [1.54, 1.807) is 0 Å². The van der Waals surface area contributed by atoms with Crippen molar-refractivity contribution in [3.8, 4) is 0 Å². The van der Waals surface area contributed by atoms with Gasteiger partial charge in [-0.1, -0.05) is 34.1 Å². The molecular weight excluding hydrogens is 560 g/mol. The highest BCUT2D eigenvalue weighted by atomic mass is 32.3. The minimum absolute atomic E-state index is 0.00728. The Morgan fingerprint density at radius 3 is 2.05 bits per heavy atom. The van der Waals surface area contributed by atoms with Gasteiger partial charge in [0.05, 0.1) is 12.7 Å². The molecule has 4 saturated carbocycles. The number of aliphatic hydroxyl groups is 2. The molecule has 0 heterocycles. The van der Waals surface area contributed by atoms with Gasteiger partial charge in [-0.25, -0.2) is 8.37 Å². The van der Waals surface area contributed by atoms with Crippen molar-refractivity contribution in [1.29, 1.82) is 0 Å². The van der Waals surface area contributed by atoms with Crippen LogP contribution in [0.25, 0.3) is 0 Å². The quantitative estimate of drug-likeness (QED) is 0.248. The van der Waals surface area contributed by atoms with Crippen LogP contribution in [0.4, 0.5) is 0 Å². The summed E-state index contributed by atoms with van der Waals surface area (Å²) >= 11 is 0. The van der Waals surface area contributed by atoms with Crippen molar-refractivity contribution in [2.75, 3.05) is 13.2 Å². The summed E-state index contributed by atoms with van der Waals surface area (Å²) in [6, 6.07) is 0. The zero-order chi connectivity index (χ0) is 29.7. The molecule has 0 aromatic heterocycles. The molecule has 0 bridgehead atoms. The SMILES string of the molecule is CC(CO)C(C)CC[C@@H](COS(=O)(=O)O)[C@H]1CC[C@H]2[C@@H]3CC[C@@H]4[C@H](O)[C@H](OS(=O)(=O)O)CC[C@]4(C)[C@H]3CC[C@]12C. The summed E-state index contributed by atoms with van der Waals surface area (Å²) in [6.07, 6.45) is 6.54. The van der Waals surface area contributed by atoms with E-state index in [2.05, 4.69) is 20.8 Å². The second-order valence-corrected chi connectivity index (χ2v) is 16.2. The molecule has 12 atom stereocenters. The number of rotatable bonds is 11. The Kier molecular flexibility index (Phi) is 9.75. The highest BCUT2D eigenvalue weighted by molar-refractivity contribution is 7.81. The van der Waals surface area contributed by atoms with Gasteiger partial charge in [-0.2, -0.15) is 16.8 Å². The fourth-order valence-corrected chi connectivity index (χ4v) is 10.8. The van der Waals surface area contributed by atoms with Gasteiger partial charge in [-0.05, 0) is 116 Å². The van der Waals surface area contributed by atoms with Crippen LogP contribution in [0.15, 0.2) is 0 Å². The Morgan fingerprint density at radius 2 is 1.43 bits per heavy atom. The topological polar surface area (TPSA) is 168 Å². The van der Waals surface area contributed by atoms with Gasteiger partial charge < -0.3 is 10.2 Å². The first-order chi connectivity index (χ1) is 18.5. The van der Waals surface area contributed by atoms with Crippen molar-refractivity contribution < 1.29 is 44.5 Å². The molecule has 0 aromatic carbocycles. The fraction of sp³-hybridized carbons (Fsp3) is 1.00. The summed E-state index contributed by atoms with van der Waals surface area (Å²) in [5, 5.41) is 20.7. The van der Waals surface area contributed by atoms with E-state index in [0.717, 1.165) is 57.8 Å².